The van der Waals surface area contributed by atoms with Crippen LogP contribution >= 0.6 is 0 Å². The summed E-state index contributed by atoms with van der Waals surface area (Å²) >= 11 is 0. The highest BCUT2D eigenvalue weighted by atomic mass is 16.2. The summed E-state index contributed by atoms with van der Waals surface area (Å²) in [4.78, 5) is 27.1. The molecule has 18 heavy (non-hydrogen) atoms. The average Bonchev–Trinajstić information content (AvgIpc) is 2.76. The molecule has 2 aliphatic rings. The lowest BCUT2D eigenvalue weighted by Crippen LogP contribution is -2.47. The number of nitrogens with zero attached hydrogens (tertiary/aromatic N) is 2. The summed E-state index contributed by atoms with van der Waals surface area (Å²) in [6, 6.07) is 0.177. The van der Waals surface area contributed by atoms with E-state index in [1.807, 2.05) is 6.92 Å². The number of piperidine rings is 1. The van der Waals surface area contributed by atoms with E-state index in [2.05, 4.69) is 4.90 Å². The standard InChI is InChI=1S/C13H23N3O2/c1-10(14)11-4-2-6-15(8-11)9-13(18)16-7-3-5-12(16)17/h10-11H,2-9,14H2,1H3. The number of imide groups is 1. The van der Waals surface area contributed by atoms with E-state index in [-0.39, 0.29) is 17.9 Å². The molecule has 0 aromatic rings. The minimum atomic E-state index is -0.0391. The van der Waals surface area contributed by atoms with Gasteiger partial charge < -0.3 is 5.73 Å². The number of hydrogen-bond donors (Lipinski definition) is 1. The van der Waals surface area contributed by atoms with Gasteiger partial charge in [-0.25, -0.2) is 0 Å². The van der Waals surface area contributed by atoms with Crippen LogP contribution in [0, 0.1) is 5.92 Å². The molecular weight excluding hydrogens is 230 g/mol. The third kappa shape index (κ3) is 3.09. The Balaban J connectivity index is 1.85. The molecule has 2 atom stereocenters. The number of amides is 2. The minimum absolute atomic E-state index is 0.0132. The first-order valence-electron chi connectivity index (χ1n) is 6.89. The molecule has 0 aromatic heterocycles. The highest BCUT2D eigenvalue weighted by Crippen LogP contribution is 2.19. The van der Waals surface area contributed by atoms with Gasteiger partial charge in [0.1, 0.15) is 0 Å². The molecule has 5 nitrogen and oxygen atoms in total. The fourth-order valence-electron chi connectivity index (χ4n) is 2.85. The molecule has 2 aliphatic heterocycles. The molecule has 5 heteroatoms. The van der Waals surface area contributed by atoms with Crippen molar-refractivity contribution in [1.82, 2.24) is 9.80 Å². The highest BCUT2D eigenvalue weighted by molar-refractivity contribution is 5.97. The molecule has 102 valence electrons. The van der Waals surface area contributed by atoms with Gasteiger partial charge in [-0.15, -0.1) is 0 Å². The Morgan fingerprint density at radius 1 is 1.44 bits per heavy atom. The Kier molecular flexibility index (Phi) is 4.35. The lowest BCUT2D eigenvalue weighted by atomic mass is 9.92. The highest BCUT2D eigenvalue weighted by Gasteiger charge is 2.29. The second-order valence-corrected chi connectivity index (χ2v) is 5.54. The van der Waals surface area contributed by atoms with Gasteiger partial charge in [0.25, 0.3) is 0 Å². The maximum Gasteiger partial charge on any atom is 0.243 e. The van der Waals surface area contributed by atoms with Crippen molar-refractivity contribution in [3.05, 3.63) is 0 Å². The summed E-state index contributed by atoms with van der Waals surface area (Å²) in [7, 11) is 0. The summed E-state index contributed by atoms with van der Waals surface area (Å²) in [5.74, 6) is 0.421. The van der Waals surface area contributed by atoms with Crippen molar-refractivity contribution in [3.8, 4) is 0 Å². The van der Waals surface area contributed by atoms with Gasteiger partial charge in [-0.3, -0.25) is 19.4 Å². The molecule has 2 heterocycles. The molecule has 0 saturated carbocycles. The zero-order valence-electron chi connectivity index (χ0n) is 11.1. The fourth-order valence-corrected chi connectivity index (χ4v) is 2.85. The first-order valence-corrected chi connectivity index (χ1v) is 6.89. The van der Waals surface area contributed by atoms with E-state index >= 15 is 0 Å². The lowest BCUT2D eigenvalue weighted by molar-refractivity contribution is -0.142. The molecule has 0 radical (unpaired) electrons. The van der Waals surface area contributed by atoms with E-state index < -0.39 is 0 Å². The van der Waals surface area contributed by atoms with Gasteiger partial charge in [0, 0.05) is 25.6 Å². The van der Waals surface area contributed by atoms with Crippen LogP contribution < -0.4 is 5.73 Å². The SMILES string of the molecule is CC(N)C1CCCN(CC(=O)N2CCCC2=O)C1. The number of rotatable bonds is 3. The smallest absolute Gasteiger partial charge is 0.243 e. The minimum Gasteiger partial charge on any atom is -0.328 e. The molecule has 2 rings (SSSR count). The molecule has 2 unspecified atom stereocenters. The summed E-state index contributed by atoms with van der Waals surface area (Å²) in [6.45, 7) is 4.82. The Morgan fingerprint density at radius 3 is 2.83 bits per heavy atom. The Morgan fingerprint density at radius 2 is 2.22 bits per heavy atom. The van der Waals surface area contributed by atoms with Crippen LogP contribution in [-0.4, -0.2) is 53.8 Å². The van der Waals surface area contributed by atoms with Crippen molar-refractivity contribution in [2.75, 3.05) is 26.2 Å². The zero-order chi connectivity index (χ0) is 13.1. The molecular formula is C13H23N3O2. The summed E-state index contributed by atoms with van der Waals surface area (Å²) in [6.07, 6.45) is 3.57. The lowest BCUT2D eigenvalue weighted by Gasteiger charge is -2.34. The van der Waals surface area contributed by atoms with E-state index in [0.29, 0.717) is 25.4 Å². The normalized spacial score (nSPS) is 27.6. The second-order valence-electron chi connectivity index (χ2n) is 5.54. The second kappa shape index (κ2) is 5.80. The molecule has 2 N–H and O–H groups in total. The van der Waals surface area contributed by atoms with Crippen LogP contribution in [0.15, 0.2) is 0 Å². The predicted octanol–water partition coefficient (Wildman–Crippen LogP) is 0.195. The average molecular weight is 253 g/mol. The maximum absolute atomic E-state index is 12.0. The van der Waals surface area contributed by atoms with Gasteiger partial charge in [-0.2, -0.15) is 0 Å². The monoisotopic (exact) mass is 253 g/mol. The number of hydrogen-bond acceptors (Lipinski definition) is 4. The Labute approximate surface area is 108 Å². The zero-order valence-corrected chi connectivity index (χ0v) is 11.1. The van der Waals surface area contributed by atoms with E-state index in [9.17, 15) is 9.59 Å². The van der Waals surface area contributed by atoms with Gasteiger partial charge in [0.2, 0.25) is 11.8 Å². The molecule has 0 bridgehead atoms. The quantitative estimate of drug-likeness (QED) is 0.780. The van der Waals surface area contributed by atoms with Crippen molar-refractivity contribution >= 4 is 11.8 Å². The van der Waals surface area contributed by atoms with Crippen LogP contribution in [0.5, 0.6) is 0 Å². The molecule has 2 fully saturated rings. The molecule has 0 aliphatic carbocycles. The topological polar surface area (TPSA) is 66.6 Å². The van der Waals surface area contributed by atoms with E-state index in [4.69, 9.17) is 5.73 Å². The molecule has 0 spiro atoms. The van der Waals surface area contributed by atoms with Gasteiger partial charge in [0.05, 0.1) is 6.54 Å². The summed E-state index contributed by atoms with van der Waals surface area (Å²) in [5, 5.41) is 0. The van der Waals surface area contributed by atoms with Crippen molar-refractivity contribution in [1.29, 1.82) is 0 Å². The first kappa shape index (κ1) is 13.5. The summed E-state index contributed by atoms with van der Waals surface area (Å²) in [5.41, 5.74) is 5.93. The number of likely N-dealkylation sites (tertiary alicyclic amines) is 2. The number of carbonyl (C=O) groups is 2. The van der Waals surface area contributed by atoms with Crippen LogP contribution in [0.3, 0.4) is 0 Å². The van der Waals surface area contributed by atoms with Gasteiger partial charge in [-0.05, 0) is 38.6 Å². The van der Waals surface area contributed by atoms with Gasteiger partial charge >= 0.3 is 0 Å². The number of carbonyl (C=O) groups excluding carboxylic acids is 2. The van der Waals surface area contributed by atoms with E-state index in [1.165, 1.54) is 4.90 Å². The van der Waals surface area contributed by atoms with E-state index in [0.717, 1.165) is 32.4 Å². The largest absolute Gasteiger partial charge is 0.328 e. The molecule has 2 amide bonds. The molecule has 0 aromatic carbocycles. The van der Waals surface area contributed by atoms with Crippen LogP contribution in [-0.2, 0) is 9.59 Å². The van der Waals surface area contributed by atoms with E-state index in [1.54, 1.807) is 0 Å². The van der Waals surface area contributed by atoms with Crippen LogP contribution in [0.2, 0.25) is 0 Å². The van der Waals surface area contributed by atoms with Crippen LogP contribution in [0.25, 0.3) is 0 Å². The van der Waals surface area contributed by atoms with Crippen molar-refractivity contribution < 1.29 is 9.59 Å². The number of nitrogens with two attached hydrogens (primary N) is 1. The predicted molar refractivity (Wildman–Crippen MR) is 68.8 cm³/mol. The van der Waals surface area contributed by atoms with Gasteiger partial charge in [0.15, 0.2) is 0 Å². The molecule has 2 saturated heterocycles. The van der Waals surface area contributed by atoms with Crippen molar-refractivity contribution in [2.45, 2.75) is 38.6 Å². The fraction of sp³-hybridized carbons (Fsp3) is 0.846. The first-order chi connectivity index (χ1) is 8.58. The third-order valence-electron chi connectivity index (χ3n) is 4.02. The Bertz CT molecular complexity index is 330. The summed E-state index contributed by atoms with van der Waals surface area (Å²) < 4.78 is 0. The Hall–Kier alpha value is -0.940. The van der Waals surface area contributed by atoms with Crippen molar-refractivity contribution in [3.63, 3.8) is 0 Å². The maximum atomic E-state index is 12.0. The van der Waals surface area contributed by atoms with Crippen LogP contribution in [0.1, 0.15) is 32.6 Å². The van der Waals surface area contributed by atoms with Gasteiger partial charge in [-0.1, -0.05) is 0 Å². The third-order valence-corrected chi connectivity index (χ3v) is 4.02. The van der Waals surface area contributed by atoms with Crippen LogP contribution in [0.4, 0.5) is 0 Å². The van der Waals surface area contributed by atoms with Crippen molar-refractivity contribution in [2.24, 2.45) is 11.7 Å².